The Morgan fingerprint density at radius 2 is 2.25 bits per heavy atom. The number of carbonyl (C=O) groups excluding carboxylic acids is 1. The predicted octanol–water partition coefficient (Wildman–Crippen LogP) is -0.224. The molecule has 0 saturated heterocycles. The van der Waals surface area contributed by atoms with Gasteiger partial charge in [0, 0.05) is 13.1 Å². The van der Waals surface area contributed by atoms with Crippen molar-refractivity contribution in [3.05, 3.63) is 27.8 Å². The van der Waals surface area contributed by atoms with Gasteiger partial charge in [-0.25, -0.2) is 5.10 Å². The lowest BCUT2D eigenvalue weighted by molar-refractivity contribution is 0.0929. The summed E-state index contributed by atoms with van der Waals surface area (Å²) in [6.45, 7) is 3.08. The first-order valence-electron chi connectivity index (χ1n) is 5.05. The van der Waals surface area contributed by atoms with Crippen molar-refractivity contribution >= 4 is 16.8 Å². The van der Waals surface area contributed by atoms with Crippen molar-refractivity contribution < 1.29 is 4.79 Å². The molecule has 0 fully saturated rings. The van der Waals surface area contributed by atoms with Crippen LogP contribution in [0.5, 0.6) is 0 Å². The van der Waals surface area contributed by atoms with E-state index in [1.807, 2.05) is 11.5 Å². The van der Waals surface area contributed by atoms with Crippen LogP contribution in [-0.2, 0) is 6.54 Å². The fourth-order valence-electron chi connectivity index (χ4n) is 2.15. The average Bonchev–Trinajstić information content (AvgIpc) is 2.66. The van der Waals surface area contributed by atoms with E-state index in [4.69, 9.17) is 0 Å². The molecule has 6 heteroatoms. The van der Waals surface area contributed by atoms with Gasteiger partial charge in [-0.1, -0.05) is 0 Å². The Kier molecular flexibility index (Phi) is 1.68. The number of H-pyrrole nitrogens is 1. The molecular formula is C10H10N4O2. The molecule has 6 nitrogen and oxygen atoms in total. The van der Waals surface area contributed by atoms with E-state index in [0.717, 1.165) is 11.2 Å². The summed E-state index contributed by atoms with van der Waals surface area (Å²) >= 11 is 0. The third kappa shape index (κ3) is 1.04. The van der Waals surface area contributed by atoms with E-state index < -0.39 is 0 Å². The first-order valence-corrected chi connectivity index (χ1v) is 5.05. The van der Waals surface area contributed by atoms with Crippen molar-refractivity contribution in [3.63, 3.8) is 0 Å². The van der Waals surface area contributed by atoms with Gasteiger partial charge in [0.05, 0.1) is 16.6 Å². The topological polar surface area (TPSA) is 79.8 Å². The highest BCUT2D eigenvalue weighted by atomic mass is 16.2. The minimum atomic E-state index is -0.254. The molecule has 2 aromatic heterocycles. The van der Waals surface area contributed by atoms with Gasteiger partial charge in [-0.15, -0.1) is 0 Å². The Balaban J connectivity index is 2.49. The van der Waals surface area contributed by atoms with Crippen molar-refractivity contribution in [2.45, 2.75) is 13.5 Å². The van der Waals surface area contributed by atoms with Gasteiger partial charge in [-0.05, 0) is 13.0 Å². The van der Waals surface area contributed by atoms with Crippen LogP contribution in [0.4, 0.5) is 0 Å². The van der Waals surface area contributed by atoms with Gasteiger partial charge in [-0.2, -0.15) is 5.10 Å². The van der Waals surface area contributed by atoms with Crippen LogP contribution in [0, 0.1) is 6.92 Å². The summed E-state index contributed by atoms with van der Waals surface area (Å²) in [5.41, 5.74) is 1.77. The Morgan fingerprint density at radius 1 is 1.44 bits per heavy atom. The molecule has 1 aliphatic rings. The first-order chi connectivity index (χ1) is 7.68. The van der Waals surface area contributed by atoms with Crippen LogP contribution in [0.15, 0.2) is 10.9 Å². The molecule has 0 saturated carbocycles. The molecule has 16 heavy (non-hydrogen) atoms. The molecule has 3 rings (SSSR count). The maximum atomic E-state index is 11.6. The molecular weight excluding hydrogens is 208 g/mol. The minimum Gasteiger partial charge on any atom is -0.349 e. The van der Waals surface area contributed by atoms with Crippen LogP contribution in [-0.4, -0.2) is 27.2 Å². The van der Waals surface area contributed by atoms with E-state index in [2.05, 4.69) is 15.5 Å². The quantitative estimate of drug-likeness (QED) is 0.641. The van der Waals surface area contributed by atoms with Crippen LogP contribution in [0.1, 0.15) is 16.2 Å². The Labute approximate surface area is 90.3 Å². The first kappa shape index (κ1) is 9.14. The summed E-state index contributed by atoms with van der Waals surface area (Å²) in [4.78, 5) is 23.2. The number of hydrogen-bond acceptors (Lipinski definition) is 3. The van der Waals surface area contributed by atoms with E-state index in [1.165, 1.54) is 0 Å². The zero-order valence-electron chi connectivity index (χ0n) is 8.70. The monoisotopic (exact) mass is 218 g/mol. The van der Waals surface area contributed by atoms with Gasteiger partial charge in [0.15, 0.2) is 0 Å². The smallest absolute Gasteiger partial charge is 0.273 e. The molecule has 82 valence electrons. The fourth-order valence-corrected chi connectivity index (χ4v) is 2.15. The molecule has 1 amide bonds. The Morgan fingerprint density at radius 3 is 3.06 bits per heavy atom. The van der Waals surface area contributed by atoms with Crippen molar-refractivity contribution in [3.8, 4) is 0 Å². The van der Waals surface area contributed by atoms with Crippen molar-refractivity contribution in [2.24, 2.45) is 0 Å². The normalized spacial score (nSPS) is 14.9. The van der Waals surface area contributed by atoms with Gasteiger partial charge < -0.3 is 9.88 Å². The number of fused-ring (bicyclic) bond motifs is 3. The Hall–Kier alpha value is -2.11. The molecule has 2 aromatic rings. The fraction of sp³-hybridized carbons (Fsp3) is 0.300. The van der Waals surface area contributed by atoms with Gasteiger partial charge >= 0.3 is 0 Å². The van der Waals surface area contributed by atoms with Gasteiger partial charge in [0.2, 0.25) is 0 Å². The molecule has 0 radical (unpaired) electrons. The maximum absolute atomic E-state index is 11.6. The number of aromatic nitrogens is 3. The van der Waals surface area contributed by atoms with E-state index >= 15 is 0 Å². The number of hydrogen-bond donors (Lipinski definition) is 2. The summed E-state index contributed by atoms with van der Waals surface area (Å²) in [6.07, 6.45) is 0. The van der Waals surface area contributed by atoms with E-state index in [1.54, 1.807) is 6.07 Å². The van der Waals surface area contributed by atoms with E-state index in [-0.39, 0.29) is 11.5 Å². The SMILES string of the molecule is Cc1n[nH]c(=O)c2cc3n(c12)CCNC3=O. The predicted molar refractivity (Wildman–Crippen MR) is 57.4 cm³/mol. The summed E-state index contributed by atoms with van der Waals surface area (Å²) in [5.74, 6) is -0.138. The molecule has 0 spiro atoms. The number of amides is 1. The van der Waals surface area contributed by atoms with Crippen molar-refractivity contribution in [1.29, 1.82) is 0 Å². The van der Waals surface area contributed by atoms with Gasteiger partial charge in [0.25, 0.3) is 11.5 Å². The lowest BCUT2D eigenvalue weighted by Gasteiger charge is -2.16. The van der Waals surface area contributed by atoms with Gasteiger partial charge in [0.1, 0.15) is 5.69 Å². The van der Waals surface area contributed by atoms with Crippen LogP contribution < -0.4 is 10.9 Å². The molecule has 0 unspecified atom stereocenters. The van der Waals surface area contributed by atoms with Crippen LogP contribution in [0.2, 0.25) is 0 Å². The minimum absolute atomic E-state index is 0.138. The zero-order chi connectivity index (χ0) is 11.3. The third-order valence-electron chi connectivity index (χ3n) is 2.86. The summed E-state index contributed by atoms with van der Waals surface area (Å²) in [7, 11) is 0. The molecule has 0 aromatic carbocycles. The second-order valence-corrected chi connectivity index (χ2v) is 3.84. The maximum Gasteiger partial charge on any atom is 0.273 e. The molecule has 0 aliphatic carbocycles. The number of aromatic amines is 1. The highest BCUT2D eigenvalue weighted by molar-refractivity contribution is 5.99. The molecule has 0 bridgehead atoms. The number of aryl methyl sites for hydroxylation is 1. The highest BCUT2D eigenvalue weighted by Crippen LogP contribution is 2.20. The highest BCUT2D eigenvalue weighted by Gasteiger charge is 2.21. The summed E-state index contributed by atoms with van der Waals surface area (Å²) < 4.78 is 1.85. The number of nitrogens with one attached hydrogen (secondary N) is 2. The number of rotatable bonds is 0. The average molecular weight is 218 g/mol. The second-order valence-electron chi connectivity index (χ2n) is 3.84. The van der Waals surface area contributed by atoms with Crippen LogP contribution >= 0.6 is 0 Å². The van der Waals surface area contributed by atoms with Crippen LogP contribution in [0.3, 0.4) is 0 Å². The van der Waals surface area contributed by atoms with E-state index in [0.29, 0.717) is 24.2 Å². The number of nitrogens with zero attached hydrogens (tertiary/aromatic N) is 2. The largest absolute Gasteiger partial charge is 0.349 e. The van der Waals surface area contributed by atoms with Crippen molar-refractivity contribution in [1.82, 2.24) is 20.1 Å². The zero-order valence-corrected chi connectivity index (χ0v) is 8.70. The van der Waals surface area contributed by atoms with Crippen molar-refractivity contribution in [2.75, 3.05) is 6.54 Å². The summed E-state index contributed by atoms with van der Waals surface area (Å²) in [5, 5.41) is 9.61. The second kappa shape index (κ2) is 2.94. The molecule has 1 aliphatic heterocycles. The Bertz CT molecular complexity index is 653. The molecule has 2 N–H and O–H groups in total. The standard InChI is InChI=1S/C10H10N4O2/c1-5-8-6(9(15)13-12-5)4-7-10(16)11-2-3-14(7)8/h4H,2-3H2,1H3,(H,11,16)(H,13,15). The van der Waals surface area contributed by atoms with Crippen LogP contribution in [0.25, 0.3) is 10.9 Å². The van der Waals surface area contributed by atoms with E-state index in [9.17, 15) is 9.59 Å². The molecule has 3 heterocycles. The third-order valence-corrected chi connectivity index (χ3v) is 2.86. The summed E-state index contributed by atoms with van der Waals surface area (Å²) in [6, 6.07) is 1.62. The lowest BCUT2D eigenvalue weighted by Crippen LogP contribution is -2.34. The molecule has 0 atom stereocenters. The number of carbonyl (C=O) groups is 1. The lowest BCUT2D eigenvalue weighted by atomic mass is 10.3. The van der Waals surface area contributed by atoms with Gasteiger partial charge in [-0.3, -0.25) is 9.59 Å².